The molecule has 0 unspecified atom stereocenters. The smallest absolute Gasteiger partial charge is 0.224 e. The van der Waals surface area contributed by atoms with Crippen molar-refractivity contribution in [3.05, 3.63) is 65.5 Å². The van der Waals surface area contributed by atoms with Crippen molar-refractivity contribution in [1.29, 1.82) is 0 Å². The van der Waals surface area contributed by atoms with Gasteiger partial charge in [-0.25, -0.2) is 4.39 Å². The predicted octanol–water partition coefficient (Wildman–Crippen LogP) is 2.77. The fourth-order valence-electron chi connectivity index (χ4n) is 2.40. The second-order valence-electron chi connectivity index (χ2n) is 6.27. The Labute approximate surface area is 158 Å². The van der Waals surface area contributed by atoms with Crippen molar-refractivity contribution in [1.82, 2.24) is 10.6 Å². The van der Waals surface area contributed by atoms with Gasteiger partial charge in [0, 0.05) is 19.5 Å². The summed E-state index contributed by atoms with van der Waals surface area (Å²) >= 11 is 0. The number of carbonyl (C=O) groups excluding carboxylic acids is 2. The van der Waals surface area contributed by atoms with Crippen LogP contribution in [-0.4, -0.2) is 31.5 Å². The Morgan fingerprint density at radius 3 is 2.22 bits per heavy atom. The molecule has 27 heavy (non-hydrogen) atoms. The molecule has 0 aliphatic carbocycles. The highest BCUT2D eigenvalue weighted by atomic mass is 19.1. The summed E-state index contributed by atoms with van der Waals surface area (Å²) in [7, 11) is 0. The molecule has 0 aromatic heterocycles. The summed E-state index contributed by atoms with van der Waals surface area (Å²) in [6.07, 6.45) is 1.18. The molecule has 0 heterocycles. The van der Waals surface area contributed by atoms with Crippen molar-refractivity contribution in [3.63, 3.8) is 0 Å². The molecule has 0 saturated carbocycles. The Morgan fingerprint density at radius 2 is 1.56 bits per heavy atom. The second-order valence-corrected chi connectivity index (χ2v) is 6.27. The number of halogens is 1. The van der Waals surface area contributed by atoms with E-state index in [9.17, 15) is 14.0 Å². The maximum absolute atomic E-state index is 12.8. The van der Waals surface area contributed by atoms with Crippen LogP contribution in [-0.2, 0) is 16.0 Å². The Bertz CT molecular complexity index is 730. The number of nitrogens with one attached hydrogen (secondary N) is 2. The first kappa shape index (κ1) is 20.4. The normalized spacial score (nSPS) is 10.3. The van der Waals surface area contributed by atoms with Crippen LogP contribution in [0, 0.1) is 12.7 Å². The quantitative estimate of drug-likeness (QED) is 0.630. The average molecular weight is 372 g/mol. The molecule has 0 atom stereocenters. The van der Waals surface area contributed by atoms with Gasteiger partial charge < -0.3 is 15.4 Å². The van der Waals surface area contributed by atoms with Crippen LogP contribution in [0.15, 0.2) is 48.5 Å². The SMILES string of the molecule is Cc1ccc(OCCCC(=O)NCCNC(=O)Cc2ccc(F)cc2)cc1. The van der Waals surface area contributed by atoms with E-state index in [0.717, 1.165) is 11.3 Å². The van der Waals surface area contributed by atoms with Crippen LogP contribution in [0.1, 0.15) is 24.0 Å². The first-order valence-electron chi connectivity index (χ1n) is 9.00. The van der Waals surface area contributed by atoms with Crippen LogP contribution in [0.3, 0.4) is 0 Å². The molecule has 0 fully saturated rings. The van der Waals surface area contributed by atoms with Gasteiger partial charge in [-0.3, -0.25) is 9.59 Å². The standard InChI is InChI=1S/C21H25FN2O3/c1-16-4-10-19(11-5-16)27-14-2-3-20(25)23-12-13-24-21(26)15-17-6-8-18(22)9-7-17/h4-11H,2-3,12-15H2,1H3,(H,23,25)(H,24,26). The number of hydrogen-bond acceptors (Lipinski definition) is 3. The van der Waals surface area contributed by atoms with Crippen LogP contribution in [0.25, 0.3) is 0 Å². The third kappa shape index (κ3) is 8.35. The summed E-state index contributed by atoms with van der Waals surface area (Å²) in [6, 6.07) is 13.6. The van der Waals surface area contributed by atoms with Gasteiger partial charge in [0.05, 0.1) is 13.0 Å². The predicted molar refractivity (Wildman–Crippen MR) is 102 cm³/mol. The van der Waals surface area contributed by atoms with E-state index in [1.807, 2.05) is 31.2 Å². The maximum Gasteiger partial charge on any atom is 0.224 e. The highest BCUT2D eigenvalue weighted by molar-refractivity contribution is 5.78. The van der Waals surface area contributed by atoms with Crippen LogP contribution >= 0.6 is 0 Å². The molecule has 2 rings (SSSR count). The topological polar surface area (TPSA) is 67.4 Å². The molecule has 2 aromatic carbocycles. The lowest BCUT2D eigenvalue weighted by Gasteiger charge is -2.08. The second kappa shape index (κ2) is 11.0. The van der Waals surface area contributed by atoms with Gasteiger partial charge >= 0.3 is 0 Å². The van der Waals surface area contributed by atoms with Gasteiger partial charge in [0.1, 0.15) is 11.6 Å². The molecule has 5 nitrogen and oxygen atoms in total. The van der Waals surface area contributed by atoms with Crippen LogP contribution < -0.4 is 15.4 Å². The number of aryl methyl sites for hydroxylation is 1. The molecule has 0 saturated heterocycles. The van der Waals surface area contributed by atoms with Crippen molar-refractivity contribution in [2.75, 3.05) is 19.7 Å². The van der Waals surface area contributed by atoms with Gasteiger partial charge in [0.25, 0.3) is 0 Å². The first-order valence-corrected chi connectivity index (χ1v) is 9.00. The lowest BCUT2D eigenvalue weighted by atomic mass is 10.1. The summed E-state index contributed by atoms with van der Waals surface area (Å²) in [5.41, 5.74) is 1.91. The first-order chi connectivity index (χ1) is 13.0. The summed E-state index contributed by atoms with van der Waals surface area (Å²) in [5, 5.41) is 5.48. The van der Waals surface area contributed by atoms with Gasteiger partial charge in [0.15, 0.2) is 0 Å². The number of carbonyl (C=O) groups is 2. The van der Waals surface area contributed by atoms with Gasteiger partial charge in [-0.1, -0.05) is 29.8 Å². The third-order valence-electron chi connectivity index (χ3n) is 3.89. The zero-order valence-corrected chi connectivity index (χ0v) is 15.5. The van der Waals surface area contributed by atoms with Gasteiger partial charge in [0.2, 0.25) is 11.8 Å². The Morgan fingerprint density at radius 1 is 0.926 bits per heavy atom. The molecule has 0 spiro atoms. The Hall–Kier alpha value is -2.89. The molecule has 0 radical (unpaired) electrons. The van der Waals surface area contributed by atoms with Gasteiger partial charge in [-0.05, 0) is 43.2 Å². The maximum atomic E-state index is 12.8. The number of rotatable bonds is 10. The number of ether oxygens (including phenoxy) is 1. The lowest BCUT2D eigenvalue weighted by molar-refractivity contribution is -0.122. The minimum atomic E-state index is -0.328. The fraction of sp³-hybridized carbons (Fsp3) is 0.333. The molecule has 6 heteroatoms. The lowest BCUT2D eigenvalue weighted by Crippen LogP contribution is -2.35. The highest BCUT2D eigenvalue weighted by Gasteiger charge is 2.04. The van der Waals surface area contributed by atoms with E-state index in [1.54, 1.807) is 12.1 Å². The van der Waals surface area contributed by atoms with Crippen LogP contribution in [0.5, 0.6) is 5.75 Å². The van der Waals surface area contributed by atoms with Crippen molar-refractivity contribution in [2.45, 2.75) is 26.2 Å². The fourth-order valence-corrected chi connectivity index (χ4v) is 2.40. The van der Waals surface area contributed by atoms with Crippen molar-refractivity contribution >= 4 is 11.8 Å². The molecular formula is C21H25FN2O3. The molecule has 144 valence electrons. The van der Waals surface area contributed by atoms with E-state index in [0.29, 0.717) is 32.5 Å². The van der Waals surface area contributed by atoms with E-state index in [-0.39, 0.29) is 24.1 Å². The average Bonchev–Trinajstić information content (AvgIpc) is 2.66. The van der Waals surface area contributed by atoms with E-state index < -0.39 is 0 Å². The summed E-state index contributed by atoms with van der Waals surface area (Å²) in [6.45, 7) is 3.21. The zero-order chi connectivity index (χ0) is 19.5. The molecule has 2 N–H and O–H groups in total. The van der Waals surface area contributed by atoms with Crippen molar-refractivity contribution < 1.29 is 18.7 Å². The molecule has 2 aromatic rings. The summed E-state index contributed by atoms with van der Waals surface area (Å²) in [4.78, 5) is 23.5. The largest absolute Gasteiger partial charge is 0.494 e. The van der Waals surface area contributed by atoms with E-state index in [4.69, 9.17) is 4.74 Å². The van der Waals surface area contributed by atoms with E-state index in [2.05, 4.69) is 10.6 Å². The minimum absolute atomic E-state index is 0.0738. The van der Waals surface area contributed by atoms with Gasteiger partial charge in [-0.15, -0.1) is 0 Å². The Balaban J connectivity index is 1.50. The monoisotopic (exact) mass is 372 g/mol. The molecular weight excluding hydrogens is 347 g/mol. The summed E-state index contributed by atoms with van der Waals surface area (Å²) < 4.78 is 18.4. The Kier molecular flexibility index (Phi) is 8.29. The molecule has 0 aliphatic rings. The number of amides is 2. The van der Waals surface area contributed by atoms with Crippen molar-refractivity contribution in [3.8, 4) is 5.75 Å². The molecule has 0 aliphatic heterocycles. The number of benzene rings is 2. The van der Waals surface area contributed by atoms with E-state index >= 15 is 0 Å². The van der Waals surface area contributed by atoms with Crippen LogP contribution in [0.2, 0.25) is 0 Å². The summed E-state index contributed by atoms with van der Waals surface area (Å²) in [5.74, 6) is 0.230. The van der Waals surface area contributed by atoms with E-state index in [1.165, 1.54) is 17.7 Å². The minimum Gasteiger partial charge on any atom is -0.494 e. The van der Waals surface area contributed by atoms with Gasteiger partial charge in [-0.2, -0.15) is 0 Å². The molecule has 2 amide bonds. The van der Waals surface area contributed by atoms with Crippen LogP contribution in [0.4, 0.5) is 4.39 Å². The third-order valence-corrected chi connectivity index (χ3v) is 3.89. The number of hydrogen-bond donors (Lipinski definition) is 2. The van der Waals surface area contributed by atoms with Crippen molar-refractivity contribution in [2.24, 2.45) is 0 Å². The zero-order valence-electron chi connectivity index (χ0n) is 15.5. The molecule has 0 bridgehead atoms. The highest BCUT2D eigenvalue weighted by Crippen LogP contribution is 2.11.